The molecule has 1 aromatic carbocycles. The second-order valence-corrected chi connectivity index (χ2v) is 7.60. The molecule has 0 unspecified atom stereocenters. The minimum absolute atomic E-state index is 0.0194. The molecule has 0 bridgehead atoms. The van der Waals surface area contributed by atoms with Crippen molar-refractivity contribution < 1.29 is 14.7 Å². The number of carboxylic acid groups (broad SMARTS) is 1. The first kappa shape index (κ1) is 16.8. The monoisotopic (exact) mass is 369 g/mol. The Balaban J connectivity index is 1.62. The number of piperidine rings is 1. The summed E-state index contributed by atoms with van der Waals surface area (Å²) in [6, 6.07) is 11.8. The molecule has 0 spiro atoms. The topological polar surface area (TPSA) is 75.4 Å². The molecule has 3 aromatic rings. The summed E-state index contributed by atoms with van der Waals surface area (Å²) in [7, 11) is 0. The maximum absolute atomic E-state index is 12.9. The van der Waals surface area contributed by atoms with Crippen molar-refractivity contribution in [2.75, 3.05) is 13.1 Å². The van der Waals surface area contributed by atoms with Gasteiger partial charge in [-0.1, -0.05) is 18.2 Å². The molecule has 1 aliphatic heterocycles. The Morgan fingerprint density at radius 3 is 2.54 bits per heavy atom. The van der Waals surface area contributed by atoms with Crippen molar-refractivity contribution in [2.45, 2.75) is 19.8 Å². The molecule has 134 valence electrons. The van der Waals surface area contributed by atoms with Gasteiger partial charge in [-0.3, -0.25) is 9.59 Å². The van der Waals surface area contributed by atoms with E-state index < -0.39 is 5.97 Å². The van der Waals surface area contributed by atoms with Gasteiger partial charge in [0.05, 0.1) is 22.2 Å². The second-order valence-electron chi connectivity index (χ2n) is 6.57. The first-order valence-electron chi connectivity index (χ1n) is 8.61. The van der Waals surface area contributed by atoms with Crippen LogP contribution in [-0.2, 0) is 4.79 Å². The van der Waals surface area contributed by atoms with Crippen LogP contribution >= 0.6 is 11.3 Å². The van der Waals surface area contributed by atoms with E-state index >= 15 is 0 Å². The molecule has 0 atom stereocenters. The molecule has 4 rings (SSSR count). The highest BCUT2D eigenvalue weighted by Crippen LogP contribution is 2.31. The average Bonchev–Trinajstić information content (AvgIpc) is 3.23. The van der Waals surface area contributed by atoms with Gasteiger partial charge in [-0.2, -0.15) is 5.10 Å². The largest absolute Gasteiger partial charge is 0.481 e. The zero-order valence-corrected chi connectivity index (χ0v) is 15.2. The van der Waals surface area contributed by atoms with Crippen LogP contribution in [0.2, 0.25) is 0 Å². The number of aryl methyl sites for hydroxylation is 1. The van der Waals surface area contributed by atoms with Gasteiger partial charge < -0.3 is 10.0 Å². The number of aliphatic carboxylic acids is 1. The zero-order chi connectivity index (χ0) is 18.3. The lowest BCUT2D eigenvalue weighted by Gasteiger charge is -2.29. The standard InChI is InChI=1S/C19H19N3O3S/c1-12-15-11-16(17(23)21-9-7-13(8-10-21)19(24)25)26-18(15)22(20-12)14-5-3-2-4-6-14/h2-6,11,13H,7-10H2,1H3,(H,24,25). The van der Waals surface area contributed by atoms with Crippen LogP contribution in [0.1, 0.15) is 28.2 Å². The summed E-state index contributed by atoms with van der Waals surface area (Å²) >= 11 is 1.44. The van der Waals surface area contributed by atoms with E-state index in [4.69, 9.17) is 5.11 Å². The van der Waals surface area contributed by atoms with Crippen LogP contribution in [-0.4, -0.2) is 44.8 Å². The van der Waals surface area contributed by atoms with Crippen molar-refractivity contribution >= 4 is 33.4 Å². The number of carboxylic acids is 1. The van der Waals surface area contributed by atoms with Gasteiger partial charge >= 0.3 is 5.97 Å². The minimum Gasteiger partial charge on any atom is -0.481 e. The molecule has 0 radical (unpaired) electrons. The molecule has 26 heavy (non-hydrogen) atoms. The summed E-state index contributed by atoms with van der Waals surface area (Å²) in [5.41, 5.74) is 1.86. The molecule has 1 amide bonds. The van der Waals surface area contributed by atoms with Crippen molar-refractivity contribution in [3.63, 3.8) is 0 Å². The number of amides is 1. The molecule has 0 saturated carbocycles. The van der Waals surface area contributed by atoms with Gasteiger partial charge in [-0.05, 0) is 38.0 Å². The quantitative estimate of drug-likeness (QED) is 0.768. The van der Waals surface area contributed by atoms with Gasteiger partial charge in [0.1, 0.15) is 4.83 Å². The lowest BCUT2D eigenvalue weighted by Crippen LogP contribution is -2.39. The number of benzene rings is 1. The number of fused-ring (bicyclic) bond motifs is 1. The number of para-hydroxylation sites is 1. The normalized spacial score (nSPS) is 15.5. The minimum atomic E-state index is -0.766. The number of nitrogens with zero attached hydrogens (tertiary/aromatic N) is 3. The molecular formula is C19H19N3O3S. The van der Waals surface area contributed by atoms with E-state index in [0.717, 1.165) is 21.6 Å². The van der Waals surface area contributed by atoms with E-state index in [0.29, 0.717) is 30.8 Å². The van der Waals surface area contributed by atoms with Crippen LogP contribution < -0.4 is 0 Å². The molecular weight excluding hydrogens is 350 g/mol. The van der Waals surface area contributed by atoms with Gasteiger partial charge in [-0.15, -0.1) is 11.3 Å². The van der Waals surface area contributed by atoms with E-state index in [1.807, 2.05) is 48.0 Å². The first-order chi connectivity index (χ1) is 12.5. The number of carbonyl (C=O) groups excluding carboxylic acids is 1. The molecule has 1 saturated heterocycles. The highest BCUT2D eigenvalue weighted by molar-refractivity contribution is 7.20. The molecule has 0 aliphatic carbocycles. The number of thiophene rings is 1. The van der Waals surface area contributed by atoms with E-state index in [1.54, 1.807) is 4.90 Å². The smallest absolute Gasteiger partial charge is 0.306 e. The number of hydrogen-bond donors (Lipinski definition) is 1. The Kier molecular flexibility index (Phi) is 4.24. The van der Waals surface area contributed by atoms with Gasteiger partial charge in [0, 0.05) is 18.5 Å². The molecule has 7 heteroatoms. The third kappa shape index (κ3) is 2.88. The summed E-state index contributed by atoms with van der Waals surface area (Å²) < 4.78 is 1.88. The van der Waals surface area contributed by atoms with Crippen LogP contribution in [0, 0.1) is 12.8 Å². The van der Waals surface area contributed by atoms with Crippen molar-refractivity contribution in [2.24, 2.45) is 5.92 Å². The molecule has 3 heterocycles. The number of carbonyl (C=O) groups is 2. The maximum atomic E-state index is 12.9. The third-order valence-corrected chi connectivity index (χ3v) is 5.99. The van der Waals surface area contributed by atoms with E-state index in [-0.39, 0.29) is 11.8 Å². The van der Waals surface area contributed by atoms with Gasteiger partial charge in [-0.25, -0.2) is 4.68 Å². The SMILES string of the molecule is Cc1nn(-c2ccccc2)c2sc(C(=O)N3CCC(C(=O)O)CC3)cc12. The highest BCUT2D eigenvalue weighted by Gasteiger charge is 2.28. The molecule has 1 aliphatic rings. The lowest BCUT2D eigenvalue weighted by molar-refractivity contribution is -0.143. The molecule has 1 fully saturated rings. The lowest BCUT2D eigenvalue weighted by atomic mass is 9.97. The second kappa shape index (κ2) is 6.57. The van der Waals surface area contributed by atoms with E-state index in [2.05, 4.69) is 5.10 Å². The molecule has 2 aromatic heterocycles. The first-order valence-corrected chi connectivity index (χ1v) is 9.43. The van der Waals surface area contributed by atoms with Crippen LogP contribution in [0.15, 0.2) is 36.4 Å². The highest BCUT2D eigenvalue weighted by atomic mass is 32.1. The number of hydrogen-bond acceptors (Lipinski definition) is 4. The van der Waals surface area contributed by atoms with Crippen molar-refractivity contribution in [1.82, 2.24) is 14.7 Å². The van der Waals surface area contributed by atoms with E-state index in [9.17, 15) is 9.59 Å². The molecule has 6 nitrogen and oxygen atoms in total. The number of likely N-dealkylation sites (tertiary alicyclic amines) is 1. The average molecular weight is 369 g/mol. The predicted octanol–water partition coefficient (Wildman–Crippen LogP) is 3.33. The predicted molar refractivity (Wildman–Crippen MR) is 99.9 cm³/mol. The fourth-order valence-electron chi connectivity index (χ4n) is 3.38. The van der Waals surface area contributed by atoms with Gasteiger partial charge in [0.2, 0.25) is 0 Å². The third-order valence-electron chi connectivity index (χ3n) is 4.89. The molecule has 1 N–H and O–H groups in total. The van der Waals surface area contributed by atoms with Gasteiger partial charge in [0.25, 0.3) is 5.91 Å². The summed E-state index contributed by atoms with van der Waals surface area (Å²) in [6.07, 6.45) is 1.03. The summed E-state index contributed by atoms with van der Waals surface area (Å²) in [4.78, 5) is 27.3. The van der Waals surface area contributed by atoms with Crippen LogP contribution in [0.5, 0.6) is 0 Å². The fourth-order valence-corrected chi connectivity index (χ4v) is 4.53. The van der Waals surface area contributed by atoms with E-state index in [1.165, 1.54) is 11.3 Å². The Hall–Kier alpha value is -2.67. The fraction of sp³-hybridized carbons (Fsp3) is 0.316. The maximum Gasteiger partial charge on any atom is 0.306 e. The summed E-state index contributed by atoms with van der Waals surface area (Å²) in [5.74, 6) is -1.12. The van der Waals surface area contributed by atoms with Crippen molar-refractivity contribution in [3.8, 4) is 5.69 Å². The Morgan fingerprint density at radius 2 is 1.88 bits per heavy atom. The summed E-state index contributed by atoms with van der Waals surface area (Å²) in [5, 5.41) is 14.7. The van der Waals surface area contributed by atoms with Crippen LogP contribution in [0.4, 0.5) is 0 Å². The number of aromatic nitrogens is 2. The van der Waals surface area contributed by atoms with Gasteiger partial charge in [0.15, 0.2) is 0 Å². The van der Waals surface area contributed by atoms with Crippen molar-refractivity contribution in [1.29, 1.82) is 0 Å². The Labute approximate surface area is 154 Å². The number of rotatable bonds is 3. The Morgan fingerprint density at radius 1 is 1.19 bits per heavy atom. The summed E-state index contributed by atoms with van der Waals surface area (Å²) in [6.45, 7) is 2.93. The van der Waals surface area contributed by atoms with Crippen molar-refractivity contribution in [3.05, 3.63) is 47.0 Å². The Bertz CT molecular complexity index is 969. The zero-order valence-electron chi connectivity index (χ0n) is 14.4. The van der Waals surface area contributed by atoms with Crippen LogP contribution in [0.3, 0.4) is 0 Å². The van der Waals surface area contributed by atoms with Crippen LogP contribution in [0.25, 0.3) is 15.9 Å².